The zero-order valence-corrected chi connectivity index (χ0v) is 9.03. The Hall–Kier alpha value is -1.35. The molecular formula is C13H14O3. The first-order chi connectivity index (χ1) is 7.75. The fourth-order valence-electron chi connectivity index (χ4n) is 2.24. The van der Waals surface area contributed by atoms with Crippen LogP contribution in [-0.4, -0.2) is 24.1 Å². The topological polar surface area (TPSA) is 46.5 Å². The SMILES string of the molecule is O=C(c1ccc2c(c1)CCO2)C1(CO)CC1. The molecule has 16 heavy (non-hydrogen) atoms. The number of hydrogen-bond donors (Lipinski definition) is 1. The van der Waals surface area contributed by atoms with Crippen molar-refractivity contribution in [2.45, 2.75) is 19.3 Å². The minimum absolute atomic E-state index is 0.0284. The molecular weight excluding hydrogens is 204 g/mol. The molecule has 0 aromatic heterocycles. The molecule has 0 spiro atoms. The summed E-state index contributed by atoms with van der Waals surface area (Å²) < 4.78 is 5.40. The smallest absolute Gasteiger partial charge is 0.171 e. The molecule has 1 aromatic rings. The van der Waals surface area contributed by atoms with Crippen LogP contribution in [0.15, 0.2) is 18.2 Å². The molecule has 1 heterocycles. The number of hydrogen-bond acceptors (Lipinski definition) is 3. The predicted octanol–water partition coefficient (Wildman–Crippen LogP) is 1.58. The third-order valence-electron chi connectivity index (χ3n) is 3.59. The van der Waals surface area contributed by atoms with Gasteiger partial charge in [-0.1, -0.05) is 0 Å². The molecule has 1 N–H and O–H groups in total. The average Bonchev–Trinajstić information content (AvgIpc) is 2.98. The van der Waals surface area contributed by atoms with Crippen LogP contribution in [0.2, 0.25) is 0 Å². The number of fused-ring (bicyclic) bond motifs is 1. The van der Waals surface area contributed by atoms with Crippen molar-refractivity contribution in [1.29, 1.82) is 0 Å². The molecule has 0 unspecified atom stereocenters. The largest absolute Gasteiger partial charge is 0.493 e. The number of ketones is 1. The van der Waals surface area contributed by atoms with Crippen molar-refractivity contribution in [2.24, 2.45) is 5.41 Å². The van der Waals surface area contributed by atoms with Gasteiger partial charge in [-0.2, -0.15) is 0 Å². The van der Waals surface area contributed by atoms with Crippen LogP contribution >= 0.6 is 0 Å². The maximum absolute atomic E-state index is 12.2. The first kappa shape index (κ1) is 9.85. The molecule has 0 atom stereocenters. The predicted molar refractivity (Wildman–Crippen MR) is 58.7 cm³/mol. The van der Waals surface area contributed by atoms with Crippen LogP contribution in [-0.2, 0) is 6.42 Å². The zero-order valence-electron chi connectivity index (χ0n) is 9.03. The number of rotatable bonds is 3. The first-order valence-corrected chi connectivity index (χ1v) is 5.67. The summed E-state index contributed by atoms with van der Waals surface area (Å²) in [5, 5.41) is 9.24. The van der Waals surface area contributed by atoms with Gasteiger partial charge in [0, 0.05) is 12.0 Å². The molecule has 0 bridgehead atoms. The van der Waals surface area contributed by atoms with Gasteiger partial charge in [-0.3, -0.25) is 4.79 Å². The molecule has 0 radical (unpaired) electrons. The van der Waals surface area contributed by atoms with Gasteiger partial charge in [-0.15, -0.1) is 0 Å². The Bertz CT molecular complexity index is 446. The third kappa shape index (κ3) is 1.35. The highest BCUT2D eigenvalue weighted by Gasteiger charge is 2.49. The summed E-state index contributed by atoms with van der Waals surface area (Å²) in [7, 11) is 0. The third-order valence-corrected chi connectivity index (χ3v) is 3.59. The summed E-state index contributed by atoms with van der Waals surface area (Å²) in [5.41, 5.74) is 1.36. The van der Waals surface area contributed by atoms with E-state index >= 15 is 0 Å². The first-order valence-electron chi connectivity index (χ1n) is 5.67. The molecule has 1 aliphatic heterocycles. The lowest BCUT2D eigenvalue weighted by Gasteiger charge is -2.10. The van der Waals surface area contributed by atoms with Crippen molar-refractivity contribution >= 4 is 5.78 Å². The highest BCUT2D eigenvalue weighted by Crippen LogP contribution is 2.48. The standard InChI is InChI=1S/C13H14O3/c14-8-13(4-5-13)12(15)10-1-2-11-9(7-10)3-6-16-11/h1-2,7,14H,3-6,8H2. The number of carbonyl (C=O) groups is 1. The van der Waals surface area contributed by atoms with Crippen molar-refractivity contribution in [3.8, 4) is 5.75 Å². The number of aliphatic hydroxyl groups is 1. The van der Waals surface area contributed by atoms with E-state index < -0.39 is 5.41 Å². The zero-order chi connectivity index (χ0) is 11.2. The van der Waals surface area contributed by atoms with E-state index in [0.29, 0.717) is 6.61 Å². The highest BCUT2D eigenvalue weighted by molar-refractivity contribution is 6.02. The van der Waals surface area contributed by atoms with Crippen LogP contribution in [0.5, 0.6) is 5.75 Å². The maximum Gasteiger partial charge on any atom is 0.171 e. The van der Waals surface area contributed by atoms with Crippen molar-refractivity contribution in [2.75, 3.05) is 13.2 Å². The van der Waals surface area contributed by atoms with E-state index in [-0.39, 0.29) is 12.4 Å². The Kier molecular flexibility index (Phi) is 2.04. The van der Waals surface area contributed by atoms with Crippen LogP contribution in [0, 0.1) is 5.41 Å². The van der Waals surface area contributed by atoms with Gasteiger partial charge in [0.25, 0.3) is 0 Å². The normalized spacial score (nSPS) is 20.1. The molecule has 1 aliphatic carbocycles. The van der Waals surface area contributed by atoms with Crippen LogP contribution < -0.4 is 4.74 Å². The molecule has 1 saturated carbocycles. The van der Waals surface area contributed by atoms with Crippen molar-refractivity contribution in [3.63, 3.8) is 0 Å². The summed E-state index contributed by atoms with van der Waals surface area (Å²) in [5.74, 6) is 0.982. The van der Waals surface area contributed by atoms with Gasteiger partial charge >= 0.3 is 0 Å². The fraction of sp³-hybridized carbons (Fsp3) is 0.462. The molecule has 3 heteroatoms. The van der Waals surface area contributed by atoms with E-state index in [0.717, 1.165) is 36.1 Å². The van der Waals surface area contributed by atoms with Crippen molar-refractivity contribution in [1.82, 2.24) is 0 Å². The lowest BCUT2D eigenvalue weighted by atomic mass is 9.94. The lowest BCUT2D eigenvalue weighted by molar-refractivity contribution is 0.0829. The van der Waals surface area contributed by atoms with Crippen molar-refractivity contribution < 1.29 is 14.6 Å². The number of benzene rings is 1. The number of aliphatic hydroxyl groups excluding tert-OH is 1. The van der Waals surface area contributed by atoms with E-state index in [1.54, 1.807) is 0 Å². The van der Waals surface area contributed by atoms with Crippen molar-refractivity contribution in [3.05, 3.63) is 29.3 Å². The molecule has 1 aromatic carbocycles. The average molecular weight is 218 g/mol. The Labute approximate surface area is 94.0 Å². The monoisotopic (exact) mass is 218 g/mol. The molecule has 84 valence electrons. The Morgan fingerprint density at radius 1 is 1.44 bits per heavy atom. The summed E-state index contributed by atoms with van der Waals surface area (Å²) >= 11 is 0. The molecule has 2 aliphatic rings. The Morgan fingerprint density at radius 3 is 2.94 bits per heavy atom. The second kappa shape index (κ2) is 3.32. The van der Waals surface area contributed by atoms with E-state index in [1.165, 1.54) is 0 Å². The summed E-state index contributed by atoms with van der Waals surface area (Å²) in [6.07, 6.45) is 2.51. The van der Waals surface area contributed by atoms with Gasteiger partial charge < -0.3 is 9.84 Å². The van der Waals surface area contributed by atoms with Gasteiger partial charge in [-0.05, 0) is 36.6 Å². The highest BCUT2D eigenvalue weighted by atomic mass is 16.5. The van der Waals surface area contributed by atoms with Gasteiger partial charge in [-0.25, -0.2) is 0 Å². The fourth-order valence-corrected chi connectivity index (χ4v) is 2.24. The molecule has 3 rings (SSSR count). The van der Waals surface area contributed by atoms with E-state index in [4.69, 9.17) is 4.74 Å². The summed E-state index contributed by atoms with van der Waals surface area (Å²) in [6.45, 7) is 0.678. The second-order valence-corrected chi connectivity index (χ2v) is 4.69. The van der Waals surface area contributed by atoms with Crippen LogP contribution in [0.25, 0.3) is 0 Å². The van der Waals surface area contributed by atoms with Gasteiger partial charge in [0.15, 0.2) is 5.78 Å². The molecule has 0 saturated heterocycles. The van der Waals surface area contributed by atoms with E-state index in [2.05, 4.69) is 0 Å². The van der Waals surface area contributed by atoms with E-state index in [9.17, 15) is 9.90 Å². The van der Waals surface area contributed by atoms with Gasteiger partial charge in [0.1, 0.15) is 5.75 Å². The van der Waals surface area contributed by atoms with Gasteiger partial charge in [0.05, 0.1) is 18.6 Å². The van der Waals surface area contributed by atoms with E-state index in [1.807, 2.05) is 18.2 Å². The van der Waals surface area contributed by atoms with Crippen LogP contribution in [0.3, 0.4) is 0 Å². The Morgan fingerprint density at radius 2 is 2.25 bits per heavy atom. The quantitative estimate of drug-likeness (QED) is 0.783. The van der Waals surface area contributed by atoms with Crippen LogP contribution in [0.1, 0.15) is 28.8 Å². The maximum atomic E-state index is 12.2. The second-order valence-electron chi connectivity index (χ2n) is 4.69. The Balaban J connectivity index is 1.93. The minimum atomic E-state index is -0.465. The number of ether oxygens (including phenoxy) is 1. The number of Topliss-reactive ketones (excluding diaryl/α,β-unsaturated/α-hetero) is 1. The summed E-state index contributed by atoms with van der Waals surface area (Å²) in [4.78, 5) is 12.2. The molecule has 1 fully saturated rings. The summed E-state index contributed by atoms with van der Waals surface area (Å²) in [6, 6.07) is 5.59. The lowest BCUT2D eigenvalue weighted by Crippen LogP contribution is -2.20. The van der Waals surface area contributed by atoms with Crippen LogP contribution in [0.4, 0.5) is 0 Å². The number of carbonyl (C=O) groups excluding carboxylic acids is 1. The van der Waals surface area contributed by atoms with Gasteiger partial charge in [0.2, 0.25) is 0 Å². The molecule has 3 nitrogen and oxygen atoms in total. The molecule has 0 amide bonds. The minimum Gasteiger partial charge on any atom is -0.493 e.